The highest BCUT2D eigenvalue weighted by Gasteiger charge is 2.38. The van der Waals surface area contributed by atoms with Gasteiger partial charge in [0.2, 0.25) is 0 Å². The molecule has 1 unspecified atom stereocenters. The molecule has 384 valence electrons. The lowest BCUT2D eigenvalue weighted by molar-refractivity contribution is -0.180. The van der Waals surface area contributed by atoms with E-state index in [0.717, 1.165) is 22.2 Å². The van der Waals surface area contributed by atoms with Crippen molar-refractivity contribution in [3.05, 3.63) is 64.3 Å². The van der Waals surface area contributed by atoms with Gasteiger partial charge in [0.05, 0.1) is 159 Å². The number of ether oxygens (including phenoxy) is 12. The van der Waals surface area contributed by atoms with Gasteiger partial charge in [-0.05, 0) is 76.8 Å². The number of halogens is 2. The average molecular weight is 1190 g/mol. The Balaban J connectivity index is 0.810. The van der Waals surface area contributed by atoms with E-state index in [1.807, 2.05) is 40.8 Å². The second kappa shape index (κ2) is 35.7. The average Bonchev–Trinajstić information content (AvgIpc) is 3.74. The Hall–Kier alpha value is -2.39. The number of carbonyl (C=O) groups is 1. The molecule has 1 aliphatic heterocycles. The molecule has 1 aliphatic rings. The van der Waals surface area contributed by atoms with Crippen LogP contribution in [0.5, 0.6) is 0 Å². The number of fused-ring (bicyclic) bond motifs is 1. The maximum absolute atomic E-state index is 12.6. The Morgan fingerprint density at radius 3 is 1.87 bits per heavy atom. The number of rotatable bonds is 40. The number of aliphatic hydroxyl groups excluding tert-OH is 1. The van der Waals surface area contributed by atoms with Crippen molar-refractivity contribution < 1.29 is 66.7 Å². The molecule has 68 heavy (non-hydrogen) atoms. The molecule has 1 aromatic carbocycles. The number of benzene rings is 1. The monoisotopic (exact) mass is 1190 g/mol. The highest BCUT2D eigenvalue weighted by atomic mass is 127. The predicted molar refractivity (Wildman–Crippen MR) is 264 cm³/mol. The van der Waals surface area contributed by atoms with Gasteiger partial charge in [-0.2, -0.15) is 0 Å². The maximum atomic E-state index is 12.6. The van der Waals surface area contributed by atoms with Gasteiger partial charge in [-0.25, -0.2) is 9.78 Å². The summed E-state index contributed by atoms with van der Waals surface area (Å²) >= 11 is 4.06. The number of carbonyl (C=O) groups excluding carboxylic acids is 1. The Bertz CT molecular complexity index is 1950. The van der Waals surface area contributed by atoms with Crippen LogP contribution < -0.4 is 16.6 Å². The van der Waals surface area contributed by atoms with Gasteiger partial charge >= 0.3 is 5.69 Å². The smallest absolute Gasteiger partial charge is 0.330 e. The molecule has 0 aliphatic carbocycles. The normalized spacial score (nSPS) is 16.6. The zero-order chi connectivity index (χ0) is 48.6. The van der Waals surface area contributed by atoms with E-state index < -0.39 is 36.0 Å². The van der Waals surface area contributed by atoms with E-state index in [1.165, 1.54) is 17.0 Å². The van der Waals surface area contributed by atoms with Gasteiger partial charge in [0, 0.05) is 35.8 Å². The second-order valence-electron chi connectivity index (χ2n) is 14.9. The topological polar surface area (TPSA) is 244 Å². The molecule has 1 amide bonds. The minimum atomic E-state index is -0.688. The third kappa shape index (κ3) is 23.7. The quantitative estimate of drug-likeness (QED) is 0.0416. The minimum absolute atomic E-state index is 0.237. The van der Waals surface area contributed by atoms with Crippen molar-refractivity contribution in [3.8, 4) is 0 Å². The van der Waals surface area contributed by atoms with Crippen LogP contribution >= 0.6 is 45.2 Å². The number of nitrogens with one attached hydrogen (secondary N) is 2. The maximum Gasteiger partial charge on any atom is 0.330 e. The Kier molecular flexibility index (Phi) is 30.5. The lowest BCUT2D eigenvalue weighted by atomic mass is 10.2. The van der Waals surface area contributed by atoms with Crippen LogP contribution in [0.25, 0.3) is 11.0 Å². The fourth-order valence-electron chi connectivity index (χ4n) is 6.41. The van der Waals surface area contributed by atoms with Crippen molar-refractivity contribution in [3.63, 3.8) is 0 Å². The first-order chi connectivity index (χ1) is 33.2. The van der Waals surface area contributed by atoms with Gasteiger partial charge in [-0.15, -0.1) is 0 Å². The molecule has 22 nitrogen and oxygen atoms in total. The number of aromatic amines is 1. The first kappa shape index (κ1) is 58.2. The van der Waals surface area contributed by atoms with Crippen molar-refractivity contribution >= 4 is 62.1 Å². The third-order valence-electron chi connectivity index (χ3n) is 9.97. The zero-order valence-corrected chi connectivity index (χ0v) is 43.3. The number of H-pyrrole nitrogens is 1. The van der Waals surface area contributed by atoms with E-state index in [4.69, 9.17) is 56.8 Å². The summed E-state index contributed by atoms with van der Waals surface area (Å²) < 4.78 is 70.1. The minimum Gasteiger partial charge on any atom is -0.394 e. The molecule has 4 rings (SSSR count). The summed E-state index contributed by atoms with van der Waals surface area (Å²) in [7, 11) is 0. The molecule has 0 radical (unpaired) electrons. The number of aromatic nitrogens is 4. The molecular formula is C44H68I2N6O16. The second-order valence-corrected chi connectivity index (χ2v) is 17.3. The Morgan fingerprint density at radius 1 is 0.809 bits per heavy atom. The number of aliphatic hydroxyl groups is 1. The molecule has 0 spiro atoms. The van der Waals surface area contributed by atoms with Crippen LogP contribution in [0.4, 0.5) is 0 Å². The lowest BCUT2D eigenvalue weighted by Gasteiger charge is -2.21. The van der Waals surface area contributed by atoms with Crippen molar-refractivity contribution in [1.82, 2.24) is 29.7 Å². The van der Waals surface area contributed by atoms with E-state index in [0.29, 0.717) is 153 Å². The summed E-state index contributed by atoms with van der Waals surface area (Å²) in [5, 5.41) is 12.7. The summed E-state index contributed by atoms with van der Waals surface area (Å²) in [4.78, 5) is 49.7. The summed E-state index contributed by atoms with van der Waals surface area (Å²) in [6.45, 7) is 14.8. The van der Waals surface area contributed by atoms with Gasteiger partial charge in [0.1, 0.15) is 18.0 Å². The molecule has 3 aromatic rings. The van der Waals surface area contributed by atoms with Gasteiger partial charge in [-0.3, -0.25) is 29.0 Å². The van der Waals surface area contributed by atoms with Gasteiger partial charge in [0.25, 0.3) is 11.5 Å². The summed E-state index contributed by atoms with van der Waals surface area (Å²) in [5.74, 6) is -0.237. The summed E-state index contributed by atoms with van der Waals surface area (Å²) in [5.41, 5.74) is 0.711. The van der Waals surface area contributed by atoms with Gasteiger partial charge in [0.15, 0.2) is 6.29 Å². The largest absolute Gasteiger partial charge is 0.394 e. The first-order valence-corrected chi connectivity index (χ1v) is 25.0. The van der Waals surface area contributed by atoms with Crippen molar-refractivity contribution in [2.75, 3.05) is 158 Å². The number of likely N-dealkylation sites (N-methyl/N-ethyl adjacent to an activating group) is 1. The summed E-state index contributed by atoms with van der Waals surface area (Å²) in [6.07, 6.45) is 0.785. The number of hydrogen-bond acceptors (Lipinski definition) is 19. The van der Waals surface area contributed by atoms with Crippen LogP contribution in [-0.2, 0) is 56.8 Å². The van der Waals surface area contributed by atoms with E-state index in [9.17, 15) is 19.5 Å². The van der Waals surface area contributed by atoms with Crippen LogP contribution in [0.3, 0.4) is 0 Å². The van der Waals surface area contributed by atoms with Crippen molar-refractivity contribution in [2.24, 2.45) is 0 Å². The molecule has 3 N–H and O–H groups in total. The molecule has 0 bridgehead atoms. The standard InChI is InChI=1S/C44H68I2N6O16/c1-3-51(7-6-47-43(55)38-30-48-37-28-34(45)4-5-36(37)49-38)8-9-57-10-11-58-12-13-59-14-15-60-16-17-61-18-19-62-20-21-63-22-23-64-24-25-65-26-27-66-33(2)67-39-29-41(68-40(39)32-53)52-31-35(46)42(54)50-44(52)56/h4-5,28,30-31,33,39-41,53H,3,6-27,29,32H2,1-2H3,(H,47,55)(H,50,54,56)/t33?,39-,40+,41+/m0/s1. The molecule has 4 atom stereocenters. The van der Waals surface area contributed by atoms with Gasteiger partial charge < -0.3 is 67.3 Å². The van der Waals surface area contributed by atoms with E-state index >= 15 is 0 Å². The molecule has 2 aromatic heterocycles. The van der Waals surface area contributed by atoms with Gasteiger partial charge in [-0.1, -0.05) is 6.92 Å². The van der Waals surface area contributed by atoms with Crippen LogP contribution in [0.15, 0.2) is 40.2 Å². The lowest BCUT2D eigenvalue weighted by Crippen LogP contribution is -2.37. The van der Waals surface area contributed by atoms with Crippen LogP contribution in [0, 0.1) is 7.14 Å². The number of amides is 1. The SMILES string of the molecule is CCN(CCNC(=O)c1cnc2cc(I)ccc2n1)CCOCCOCCOCCOCCOCCOCCOCCOCCOCCOC(C)O[C@H]1C[C@H](n2cc(I)c(=O)[nH]c2=O)O[C@@H]1CO. The molecule has 0 saturated carbocycles. The van der Waals surface area contributed by atoms with E-state index in [1.54, 1.807) is 6.92 Å². The molecular weight excluding hydrogens is 1120 g/mol. The Morgan fingerprint density at radius 2 is 1.34 bits per heavy atom. The molecule has 24 heteroatoms. The van der Waals surface area contributed by atoms with Crippen LogP contribution in [0.2, 0.25) is 0 Å². The number of hydrogen-bond donors (Lipinski definition) is 3. The van der Waals surface area contributed by atoms with E-state index in [-0.39, 0.29) is 19.1 Å². The third-order valence-corrected chi connectivity index (χ3v) is 11.4. The predicted octanol–water partition coefficient (Wildman–Crippen LogP) is 1.62. The highest BCUT2D eigenvalue weighted by Crippen LogP contribution is 2.30. The molecule has 3 heterocycles. The fourth-order valence-corrected chi connectivity index (χ4v) is 7.32. The Labute approximate surface area is 423 Å². The first-order valence-electron chi connectivity index (χ1n) is 22.8. The zero-order valence-electron chi connectivity index (χ0n) is 39.0. The molecule has 1 fully saturated rings. The van der Waals surface area contributed by atoms with Crippen molar-refractivity contribution in [2.45, 2.75) is 45.0 Å². The fraction of sp³-hybridized carbons (Fsp3) is 0.705. The molecule has 1 saturated heterocycles. The van der Waals surface area contributed by atoms with E-state index in [2.05, 4.69) is 54.7 Å². The van der Waals surface area contributed by atoms with Crippen LogP contribution in [0.1, 0.15) is 37.0 Å². The van der Waals surface area contributed by atoms with Crippen molar-refractivity contribution in [1.29, 1.82) is 0 Å². The highest BCUT2D eigenvalue weighted by molar-refractivity contribution is 14.1. The number of nitrogens with zero attached hydrogens (tertiary/aromatic N) is 4. The summed E-state index contributed by atoms with van der Waals surface area (Å²) in [6, 6.07) is 5.74. The van der Waals surface area contributed by atoms with Crippen LogP contribution in [-0.4, -0.2) is 212 Å².